The lowest BCUT2D eigenvalue weighted by Gasteiger charge is -2.33. The van der Waals surface area contributed by atoms with Gasteiger partial charge < -0.3 is 9.47 Å². The summed E-state index contributed by atoms with van der Waals surface area (Å²) < 4.78 is 38.0. The van der Waals surface area contributed by atoms with Gasteiger partial charge in [0.1, 0.15) is 0 Å². The standard InChI is InChI=1S/C18H28N2O5S/c1-4-24-18(21)15-5-7-17(8-6-15)26(22,23)19-11-16-13-20(9-10-25-16)12-14(2)3/h5-8,14,16,19H,4,9-13H2,1-3H3. The largest absolute Gasteiger partial charge is 0.462 e. The number of morpholine rings is 1. The number of carbonyl (C=O) groups is 1. The fraction of sp³-hybridized carbons (Fsp3) is 0.611. The summed E-state index contributed by atoms with van der Waals surface area (Å²) in [7, 11) is -3.66. The Morgan fingerprint density at radius 1 is 1.35 bits per heavy atom. The molecule has 1 aliphatic heterocycles. The van der Waals surface area contributed by atoms with E-state index in [1.54, 1.807) is 6.92 Å². The van der Waals surface area contributed by atoms with E-state index in [1.807, 2.05) is 0 Å². The van der Waals surface area contributed by atoms with E-state index in [-0.39, 0.29) is 24.2 Å². The topological polar surface area (TPSA) is 84.9 Å². The van der Waals surface area contributed by atoms with Gasteiger partial charge in [0.15, 0.2) is 0 Å². The number of hydrogen-bond donors (Lipinski definition) is 1. The molecule has 1 aromatic rings. The molecule has 2 rings (SSSR count). The minimum absolute atomic E-state index is 0.111. The average molecular weight is 384 g/mol. The Morgan fingerprint density at radius 2 is 2.04 bits per heavy atom. The van der Waals surface area contributed by atoms with Crippen molar-refractivity contribution < 1.29 is 22.7 Å². The molecule has 1 heterocycles. The van der Waals surface area contributed by atoms with Gasteiger partial charge in [-0.3, -0.25) is 4.90 Å². The third kappa shape index (κ3) is 6.05. The van der Waals surface area contributed by atoms with Crippen molar-refractivity contribution in [1.29, 1.82) is 0 Å². The number of ether oxygens (including phenoxy) is 2. The van der Waals surface area contributed by atoms with E-state index in [0.29, 0.717) is 24.6 Å². The molecule has 1 aliphatic rings. The molecule has 26 heavy (non-hydrogen) atoms. The van der Waals surface area contributed by atoms with Crippen molar-refractivity contribution in [2.24, 2.45) is 5.92 Å². The molecule has 1 N–H and O–H groups in total. The molecule has 0 spiro atoms. The maximum absolute atomic E-state index is 12.4. The lowest BCUT2D eigenvalue weighted by Crippen LogP contribution is -2.48. The zero-order chi connectivity index (χ0) is 19.2. The van der Waals surface area contributed by atoms with E-state index in [4.69, 9.17) is 9.47 Å². The molecule has 0 aromatic heterocycles. The molecule has 1 fully saturated rings. The Bertz CT molecular complexity index is 688. The van der Waals surface area contributed by atoms with Crippen LogP contribution in [0.15, 0.2) is 29.2 Å². The Kier molecular flexibility index (Phi) is 7.57. The van der Waals surface area contributed by atoms with E-state index in [9.17, 15) is 13.2 Å². The Morgan fingerprint density at radius 3 is 2.65 bits per heavy atom. The summed E-state index contributed by atoms with van der Waals surface area (Å²) in [6.45, 7) is 9.69. The summed E-state index contributed by atoms with van der Waals surface area (Å²) >= 11 is 0. The monoisotopic (exact) mass is 384 g/mol. The van der Waals surface area contributed by atoms with Crippen LogP contribution < -0.4 is 4.72 Å². The van der Waals surface area contributed by atoms with Gasteiger partial charge in [0.25, 0.3) is 0 Å². The molecule has 146 valence electrons. The quantitative estimate of drug-likeness (QED) is 0.684. The number of nitrogens with zero attached hydrogens (tertiary/aromatic N) is 1. The Labute approximate surface area is 155 Å². The first-order chi connectivity index (χ1) is 12.3. The average Bonchev–Trinajstić information content (AvgIpc) is 2.60. The lowest BCUT2D eigenvalue weighted by molar-refractivity contribution is -0.0280. The normalized spacial score (nSPS) is 18.8. The van der Waals surface area contributed by atoms with E-state index in [1.165, 1.54) is 24.3 Å². The second kappa shape index (κ2) is 9.45. The Balaban J connectivity index is 1.93. The van der Waals surface area contributed by atoms with Gasteiger partial charge in [-0.25, -0.2) is 17.9 Å². The van der Waals surface area contributed by atoms with Crippen molar-refractivity contribution in [1.82, 2.24) is 9.62 Å². The molecule has 0 amide bonds. The van der Waals surface area contributed by atoms with E-state index >= 15 is 0 Å². The molecular formula is C18H28N2O5S. The molecule has 1 aromatic carbocycles. The molecular weight excluding hydrogens is 356 g/mol. The van der Waals surface area contributed by atoms with Gasteiger partial charge in [-0.15, -0.1) is 0 Å². The molecule has 0 bridgehead atoms. The first-order valence-electron chi connectivity index (χ1n) is 8.92. The van der Waals surface area contributed by atoms with Crippen LogP contribution in [-0.4, -0.2) is 64.8 Å². The number of benzene rings is 1. The number of carbonyl (C=O) groups excluding carboxylic acids is 1. The lowest BCUT2D eigenvalue weighted by atomic mass is 10.2. The molecule has 1 saturated heterocycles. The van der Waals surface area contributed by atoms with Gasteiger partial charge in [-0.2, -0.15) is 0 Å². The first-order valence-corrected chi connectivity index (χ1v) is 10.4. The molecule has 1 atom stereocenters. The highest BCUT2D eigenvalue weighted by Crippen LogP contribution is 2.13. The van der Waals surface area contributed by atoms with Crippen molar-refractivity contribution in [3.63, 3.8) is 0 Å². The number of nitrogens with one attached hydrogen (secondary N) is 1. The molecule has 0 aliphatic carbocycles. The van der Waals surface area contributed by atoms with Crippen molar-refractivity contribution in [2.45, 2.75) is 31.8 Å². The highest BCUT2D eigenvalue weighted by atomic mass is 32.2. The molecule has 0 radical (unpaired) electrons. The maximum Gasteiger partial charge on any atom is 0.338 e. The van der Waals surface area contributed by atoms with Crippen LogP contribution in [0.5, 0.6) is 0 Å². The second-order valence-corrected chi connectivity index (χ2v) is 8.51. The van der Waals surface area contributed by atoms with Crippen molar-refractivity contribution in [2.75, 3.05) is 39.4 Å². The summed E-state index contributed by atoms with van der Waals surface area (Å²) in [6, 6.07) is 5.71. The predicted molar refractivity (Wildman–Crippen MR) is 98.6 cm³/mol. The van der Waals surface area contributed by atoms with Crippen molar-refractivity contribution >= 4 is 16.0 Å². The van der Waals surface area contributed by atoms with Gasteiger partial charge in [0.2, 0.25) is 10.0 Å². The van der Waals surface area contributed by atoms with Crippen LogP contribution in [-0.2, 0) is 19.5 Å². The summed E-state index contributed by atoms with van der Waals surface area (Å²) in [4.78, 5) is 14.0. The molecule has 7 nitrogen and oxygen atoms in total. The van der Waals surface area contributed by atoms with Crippen molar-refractivity contribution in [3.8, 4) is 0 Å². The van der Waals surface area contributed by atoms with Gasteiger partial charge >= 0.3 is 5.97 Å². The third-order valence-corrected chi connectivity index (χ3v) is 5.46. The first kappa shape index (κ1) is 20.8. The van der Waals surface area contributed by atoms with Crippen LogP contribution in [0.1, 0.15) is 31.1 Å². The second-order valence-electron chi connectivity index (χ2n) is 6.74. The fourth-order valence-electron chi connectivity index (χ4n) is 2.86. The molecule has 1 unspecified atom stereocenters. The van der Waals surface area contributed by atoms with Crippen LogP contribution in [0.3, 0.4) is 0 Å². The van der Waals surface area contributed by atoms with Crippen LogP contribution in [0.25, 0.3) is 0 Å². The zero-order valence-electron chi connectivity index (χ0n) is 15.6. The van der Waals surface area contributed by atoms with Gasteiger partial charge in [-0.1, -0.05) is 13.8 Å². The van der Waals surface area contributed by atoms with Crippen LogP contribution >= 0.6 is 0 Å². The highest BCUT2D eigenvalue weighted by molar-refractivity contribution is 7.89. The number of hydrogen-bond acceptors (Lipinski definition) is 6. The van der Waals surface area contributed by atoms with E-state index in [0.717, 1.165) is 13.1 Å². The van der Waals surface area contributed by atoms with Crippen LogP contribution in [0, 0.1) is 5.92 Å². The fourth-order valence-corrected chi connectivity index (χ4v) is 3.92. The van der Waals surface area contributed by atoms with E-state index < -0.39 is 16.0 Å². The van der Waals surface area contributed by atoms with Crippen LogP contribution in [0.2, 0.25) is 0 Å². The zero-order valence-corrected chi connectivity index (χ0v) is 16.4. The smallest absolute Gasteiger partial charge is 0.338 e. The summed E-state index contributed by atoms with van der Waals surface area (Å²) in [5.74, 6) is 0.0913. The van der Waals surface area contributed by atoms with Crippen molar-refractivity contribution in [3.05, 3.63) is 29.8 Å². The predicted octanol–water partition coefficient (Wildman–Crippen LogP) is 1.50. The summed E-state index contributed by atoms with van der Waals surface area (Å²) in [5.41, 5.74) is 0.325. The van der Waals surface area contributed by atoms with Gasteiger partial charge in [0, 0.05) is 26.2 Å². The maximum atomic E-state index is 12.4. The minimum Gasteiger partial charge on any atom is -0.462 e. The summed E-state index contributed by atoms with van der Waals surface area (Å²) in [6.07, 6.45) is -0.170. The third-order valence-electron chi connectivity index (χ3n) is 4.02. The molecule has 0 saturated carbocycles. The van der Waals surface area contributed by atoms with Crippen LogP contribution in [0.4, 0.5) is 0 Å². The minimum atomic E-state index is -3.66. The van der Waals surface area contributed by atoms with Gasteiger partial charge in [0.05, 0.1) is 29.8 Å². The number of rotatable bonds is 8. The SMILES string of the molecule is CCOC(=O)c1ccc(S(=O)(=O)NCC2CN(CC(C)C)CCO2)cc1. The highest BCUT2D eigenvalue weighted by Gasteiger charge is 2.23. The van der Waals surface area contributed by atoms with E-state index in [2.05, 4.69) is 23.5 Å². The number of esters is 1. The molecule has 8 heteroatoms. The Hall–Kier alpha value is -1.48. The number of sulfonamides is 1. The summed E-state index contributed by atoms with van der Waals surface area (Å²) in [5, 5.41) is 0. The van der Waals surface area contributed by atoms with Gasteiger partial charge in [-0.05, 0) is 37.1 Å².